The highest BCUT2D eigenvalue weighted by Gasteiger charge is 2.37. The van der Waals surface area contributed by atoms with E-state index in [1.54, 1.807) is 0 Å². The molecule has 5 rings (SSSR count). The standard InChI is InChI=1S/C32H50N6O3/c1-21(2)38(24-9-4-3-5-10-24)30(39)20-37-19-23-12-14-25(18-29(23)36-32(37)34)41-17-16-26(31(33)40)28-15-13-22-8-6-7-11-27(22)35-28/h12,14,18,21-22,24,26-28,35H,3-11,13,15-17,19-20H2,1-2H3,(H2,33,40)(H2,34,36). The average molecular weight is 567 g/mol. The summed E-state index contributed by atoms with van der Waals surface area (Å²) in [6, 6.07) is 6.95. The molecule has 2 heterocycles. The monoisotopic (exact) mass is 566 g/mol. The van der Waals surface area contributed by atoms with E-state index in [0.717, 1.165) is 36.4 Å². The van der Waals surface area contributed by atoms with E-state index >= 15 is 0 Å². The van der Waals surface area contributed by atoms with Crippen molar-refractivity contribution in [2.45, 2.75) is 122 Å². The molecule has 2 saturated carbocycles. The zero-order valence-electron chi connectivity index (χ0n) is 25.0. The van der Waals surface area contributed by atoms with Crippen LogP contribution in [0.2, 0.25) is 0 Å². The van der Waals surface area contributed by atoms with Gasteiger partial charge in [-0.25, -0.2) is 4.99 Å². The minimum Gasteiger partial charge on any atom is -0.493 e. The van der Waals surface area contributed by atoms with Gasteiger partial charge < -0.3 is 31.3 Å². The van der Waals surface area contributed by atoms with E-state index < -0.39 is 0 Å². The molecule has 5 N–H and O–H groups in total. The molecule has 3 fully saturated rings. The molecule has 226 valence electrons. The van der Waals surface area contributed by atoms with E-state index in [1.807, 2.05) is 23.1 Å². The van der Waals surface area contributed by atoms with Crippen LogP contribution in [-0.4, -0.2) is 64.9 Å². The summed E-state index contributed by atoms with van der Waals surface area (Å²) in [7, 11) is 0. The predicted molar refractivity (Wildman–Crippen MR) is 162 cm³/mol. The number of primary amides is 1. The molecule has 1 saturated heterocycles. The topological polar surface area (TPSA) is 126 Å². The number of nitrogens with zero attached hydrogens (tertiary/aromatic N) is 3. The SMILES string of the molecule is CC(C)N(C(=O)CN1Cc2ccc(OCCC(C(N)=O)C3CCC4CCCCC4N3)cc2N=C1N)C1CCCCC1. The maximum Gasteiger partial charge on any atom is 0.242 e. The van der Waals surface area contributed by atoms with Gasteiger partial charge in [-0.1, -0.05) is 38.2 Å². The average Bonchev–Trinajstić information content (AvgIpc) is 2.96. The van der Waals surface area contributed by atoms with Gasteiger partial charge in [0, 0.05) is 36.8 Å². The molecule has 2 aliphatic carbocycles. The van der Waals surface area contributed by atoms with Crippen LogP contribution in [0.15, 0.2) is 23.2 Å². The van der Waals surface area contributed by atoms with Crippen molar-refractivity contribution in [3.63, 3.8) is 0 Å². The fourth-order valence-electron chi connectivity index (χ4n) is 7.69. The van der Waals surface area contributed by atoms with E-state index in [2.05, 4.69) is 29.1 Å². The normalized spacial score (nSPS) is 25.6. The van der Waals surface area contributed by atoms with Crippen LogP contribution >= 0.6 is 0 Å². The molecule has 4 unspecified atom stereocenters. The molecule has 0 radical (unpaired) electrons. The lowest BCUT2D eigenvalue weighted by atomic mass is 9.75. The second-order valence-corrected chi connectivity index (χ2v) is 13.0. The second-order valence-electron chi connectivity index (χ2n) is 13.0. The summed E-state index contributed by atoms with van der Waals surface area (Å²) < 4.78 is 6.08. The van der Waals surface area contributed by atoms with Gasteiger partial charge in [0.15, 0.2) is 5.96 Å². The lowest BCUT2D eigenvalue weighted by Crippen LogP contribution is -2.54. The Kier molecular flexibility index (Phi) is 9.73. The number of hydrogen-bond acceptors (Lipinski definition) is 7. The Hall–Kier alpha value is -2.81. The number of hydrogen-bond donors (Lipinski definition) is 3. The molecule has 1 aromatic carbocycles. The molecule has 0 spiro atoms. The van der Waals surface area contributed by atoms with E-state index in [4.69, 9.17) is 16.2 Å². The second kappa shape index (κ2) is 13.4. The zero-order chi connectivity index (χ0) is 28.9. The number of amides is 2. The number of nitrogens with one attached hydrogen (secondary N) is 1. The predicted octanol–water partition coefficient (Wildman–Crippen LogP) is 4.20. The maximum atomic E-state index is 13.4. The van der Waals surface area contributed by atoms with Gasteiger partial charge in [0.25, 0.3) is 0 Å². The van der Waals surface area contributed by atoms with Crippen molar-refractivity contribution in [2.75, 3.05) is 13.2 Å². The third-order valence-corrected chi connectivity index (χ3v) is 9.85. The van der Waals surface area contributed by atoms with Gasteiger partial charge in [0.1, 0.15) is 12.3 Å². The van der Waals surface area contributed by atoms with E-state index in [0.29, 0.717) is 43.4 Å². The number of aliphatic imine (C=N–C) groups is 1. The molecule has 0 bridgehead atoms. The number of nitrogens with two attached hydrogens (primary N) is 2. The molecule has 4 atom stereocenters. The van der Waals surface area contributed by atoms with Crippen molar-refractivity contribution in [2.24, 2.45) is 28.3 Å². The van der Waals surface area contributed by atoms with E-state index in [1.165, 1.54) is 51.4 Å². The third kappa shape index (κ3) is 7.16. The molecule has 2 amide bonds. The fraction of sp³-hybridized carbons (Fsp3) is 0.719. The Morgan fingerprint density at radius 1 is 1.07 bits per heavy atom. The number of carbonyl (C=O) groups is 2. The van der Waals surface area contributed by atoms with Gasteiger partial charge in [-0.3, -0.25) is 9.59 Å². The molecule has 9 nitrogen and oxygen atoms in total. The summed E-state index contributed by atoms with van der Waals surface area (Å²) in [5.41, 5.74) is 14.0. The van der Waals surface area contributed by atoms with Gasteiger partial charge in [0.2, 0.25) is 11.8 Å². The van der Waals surface area contributed by atoms with Crippen molar-refractivity contribution in [1.29, 1.82) is 0 Å². The highest BCUT2D eigenvalue weighted by Crippen LogP contribution is 2.35. The summed E-state index contributed by atoms with van der Waals surface area (Å²) >= 11 is 0. The van der Waals surface area contributed by atoms with Crippen LogP contribution in [0.5, 0.6) is 5.75 Å². The number of ether oxygens (including phenoxy) is 1. The Labute approximate surface area is 245 Å². The Bertz CT molecular complexity index is 1100. The van der Waals surface area contributed by atoms with Gasteiger partial charge in [-0.15, -0.1) is 0 Å². The molecule has 1 aromatic rings. The van der Waals surface area contributed by atoms with Crippen molar-refractivity contribution in [1.82, 2.24) is 15.1 Å². The minimum absolute atomic E-state index is 0.115. The zero-order valence-corrected chi connectivity index (χ0v) is 25.0. The number of fused-ring (bicyclic) bond motifs is 2. The Balaban J connectivity index is 1.15. The number of piperidine rings is 1. The number of rotatable bonds is 10. The van der Waals surface area contributed by atoms with Crippen molar-refractivity contribution in [3.05, 3.63) is 23.8 Å². The van der Waals surface area contributed by atoms with Crippen LogP contribution in [0.1, 0.15) is 96.5 Å². The molecule has 0 aromatic heterocycles. The van der Waals surface area contributed by atoms with Crippen LogP contribution in [-0.2, 0) is 16.1 Å². The quantitative estimate of drug-likeness (QED) is 0.390. The van der Waals surface area contributed by atoms with Crippen LogP contribution in [0.4, 0.5) is 5.69 Å². The molecule has 2 aliphatic heterocycles. The minimum atomic E-state index is -0.252. The number of guanidine groups is 1. The maximum absolute atomic E-state index is 13.4. The summed E-state index contributed by atoms with van der Waals surface area (Å²) in [6.45, 7) is 5.37. The Morgan fingerprint density at radius 3 is 2.59 bits per heavy atom. The first-order chi connectivity index (χ1) is 19.8. The molecule has 4 aliphatic rings. The largest absolute Gasteiger partial charge is 0.493 e. The molecular weight excluding hydrogens is 516 g/mol. The third-order valence-electron chi connectivity index (χ3n) is 9.85. The lowest BCUT2D eigenvalue weighted by molar-refractivity contribution is -0.136. The first-order valence-corrected chi connectivity index (χ1v) is 16.0. The van der Waals surface area contributed by atoms with Crippen LogP contribution in [0.3, 0.4) is 0 Å². The fourth-order valence-corrected chi connectivity index (χ4v) is 7.69. The summed E-state index contributed by atoms with van der Waals surface area (Å²) in [5.74, 6) is 1.41. The number of benzene rings is 1. The van der Waals surface area contributed by atoms with E-state index in [9.17, 15) is 9.59 Å². The summed E-state index contributed by atoms with van der Waals surface area (Å²) in [5, 5.41) is 3.76. The van der Waals surface area contributed by atoms with Gasteiger partial charge in [0.05, 0.1) is 18.2 Å². The summed E-state index contributed by atoms with van der Waals surface area (Å²) in [4.78, 5) is 34.3. The summed E-state index contributed by atoms with van der Waals surface area (Å²) in [6.07, 6.45) is 13.6. The van der Waals surface area contributed by atoms with E-state index in [-0.39, 0.29) is 36.4 Å². The lowest BCUT2D eigenvalue weighted by Gasteiger charge is -2.42. The van der Waals surface area contributed by atoms with Crippen LogP contribution in [0, 0.1) is 11.8 Å². The van der Waals surface area contributed by atoms with Gasteiger partial charge in [-0.05, 0) is 76.3 Å². The highest BCUT2D eigenvalue weighted by molar-refractivity contribution is 5.89. The molecule has 41 heavy (non-hydrogen) atoms. The van der Waals surface area contributed by atoms with Crippen LogP contribution in [0.25, 0.3) is 0 Å². The Morgan fingerprint density at radius 2 is 1.83 bits per heavy atom. The van der Waals surface area contributed by atoms with Crippen molar-refractivity contribution >= 4 is 23.5 Å². The van der Waals surface area contributed by atoms with Crippen molar-refractivity contribution in [3.8, 4) is 5.75 Å². The van der Waals surface area contributed by atoms with Gasteiger partial charge >= 0.3 is 0 Å². The first kappa shape index (κ1) is 29.7. The highest BCUT2D eigenvalue weighted by atomic mass is 16.5. The van der Waals surface area contributed by atoms with Crippen LogP contribution < -0.4 is 21.5 Å². The smallest absolute Gasteiger partial charge is 0.242 e. The van der Waals surface area contributed by atoms with Crippen molar-refractivity contribution < 1.29 is 14.3 Å². The number of carbonyl (C=O) groups excluding carboxylic acids is 2. The molecule has 9 heteroatoms. The molecular formula is C32H50N6O3. The first-order valence-electron chi connectivity index (χ1n) is 16.0. The van der Waals surface area contributed by atoms with Gasteiger partial charge in [-0.2, -0.15) is 0 Å².